The first-order valence-corrected chi connectivity index (χ1v) is 11.6. The van der Waals surface area contributed by atoms with Crippen LogP contribution in [0.4, 0.5) is 5.69 Å². The van der Waals surface area contributed by atoms with Crippen LogP contribution in [0.2, 0.25) is 5.02 Å². The quantitative estimate of drug-likeness (QED) is 0.229. The van der Waals surface area contributed by atoms with Gasteiger partial charge in [0.15, 0.2) is 0 Å². The number of fused-ring (bicyclic) bond motifs is 1. The summed E-state index contributed by atoms with van der Waals surface area (Å²) in [5, 5.41) is 15.0. The molecular weight excluding hydrogens is 456 g/mol. The monoisotopic (exact) mass is 480 g/mol. The molecule has 4 rings (SSSR count). The fourth-order valence-electron chi connectivity index (χ4n) is 3.82. The predicted octanol–water partition coefficient (Wildman–Crippen LogP) is 7.54. The molecule has 35 heavy (non-hydrogen) atoms. The number of carbonyl (C=O) groups is 1. The molecule has 5 heteroatoms. The standard InChI is InChI=1S/C30H25ClN2O2/c1-19-8-10-22(14-21(19)3)18-35-29-13-11-23-6-4-5-7-26(23)27(29)15-24(17-32)30(34)33-28-16-25(31)12-9-20(28)2/h4-16H,18H2,1-3H3,(H,33,34)/b24-15+. The van der Waals surface area contributed by atoms with Gasteiger partial charge in [0, 0.05) is 16.3 Å². The number of amides is 1. The van der Waals surface area contributed by atoms with Crippen LogP contribution in [0, 0.1) is 32.1 Å². The van der Waals surface area contributed by atoms with Crippen LogP contribution in [0.3, 0.4) is 0 Å². The van der Waals surface area contributed by atoms with Gasteiger partial charge in [0.25, 0.3) is 5.91 Å². The fraction of sp³-hybridized carbons (Fsp3) is 0.133. The van der Waals surface area contributed by atoms with Crippen LogP contribution in [0.15, 0.2) is 78.4 Å². The normalized spacial score (nSPS) is 11.2. The van der Waals surface area contributed by atoms with E-state index >= 15 is 0 Å². The summed E-state index contributed by atoms with van der Waals surface area (Å²) in [5.74, 6) is 0.0901. The van der Waals surface area contributed by atoms with Crippen molar-refractivity contribution in [3.63, 3.8) is 0 Å². The molecule has 4 aromatic carbocycles. The van der Waals surface area contributed by atoms with E-state index in [4.69, 9.17) is 16.3 Å². The Morgan fingerprint density at radius 3 is 2.51 bits per heavy atom. The van der Waals surface area contributed by atoms with Gasteiger partial charge in [-0.25, -0.2) is 0 Å². The maximum Gasteiger partial charge on any atom is 0.266 e. The molecule has 4 aromatic rings. The maximum atomic E-state index is 13.0. The van der Waals surface area contributed by atoms with Crippen molar-refractivity contribution in [2.24, 2.45) is 0 Å². The molecule has 0 aromatic heterocycles. The first-order valence-electron chi connectivity index (χ1n) is 11.3. The van der Waals surface area contributed by atoms with Crippen molar-refractivity contribution in [2.75, 3.05) is 5.32 Å². The van der Waals surface area contributed by atoms with Gasteiger partial charge in [0.1, 0.15) is 24.0 Å². The molecular formula is C30H25ClN2O2. The largest absolute Gasteiger partial charge is 0.488 e. The Balaban J connectivity index is 1.71. The Morgan fingerprint density at radius 1 is 0.971 bits per heavy atom. The molecule has 0 saturated heterocycles. The van der Waals surface area contributed by atoms with E-state index in [1.165, 1.54) is 11.1 Å². The third-order valence-electron chi connectivity index (χ3n) is 6.00. The summed E-state index contributed by atoms with van der Waals surface area (Å²) in [5.41, 5.74) is 5.53. The number of aryl methyl sites for hydroxylation is 3. The molecule has 174 valence electrons. The smallest absolute Gasteiger partial charge is 0.266 e. The Labute approximate surface area is 210 Å². The minimum absolute atomic E-state index is 0.0308. The molecule has 0 spiro atoms. The summed E-state index contributed by atoms with van der Waals surface area (Å²) < 4.78 is 6.20. The van der Waals surface area contributed by atoms with Gasteiger partial charge in [-0.3, -0.25) is 4.79 Å². The molecule has 0 aliphatic carbocycles. The van der Waals surface area contributed by atoms with Crippen molar-refractivity contribution in [1.29, 1.82) is 5.26 Å². The van der Waals surface area contributed by atoms with E-state index in [1.54, 1.807) is 18.2 Å². The topological polar surface area (TPSA) is 62.1 Å². The van der Waals surface area contributed by atoms with Crippen molar-refractivity contribution >= 4 is 40.0 Å². The Bertz CT molecular complexity index is 1500. The average molecular weight is 481 g/mol. The summed E-state index contributed by atoms with van der Waals surface area (Å²) >= 11 is 6.09. The molecule has 0 radical (unpaired) electrons. The molecule has 1 amide bonds. The van der Waals surface area contributed by atoms with Gasteiger partial charge >= 0.3 is 0 Å². The van der Waals surface area contributed by atoms with E-state index < -0.39 is 5.91 Å². The number of nitrogens with zero attached hydrogens (tertiary/aromatic N) is 1. The second kappa shape index (κ2) is 10.5. The lowest BCUT2D eigenvalue weighted by Gasteiger charge is -2.14. The molecule has 0 atom stereocenters. The summed E-state index contributed by atoms with van der Waals surface area (Å²) in [6, 6.07) is 25.2. The first kappa shape index (κ1) is 24.1. The van der Waals surface area contributed by atoms with Crippen molar-refractivity contribution in [1.82, 2.24) is 0 Å². The van der Waals surface area contributed by atoms with Crippen molar-refractivity contribution in [2.45, 2.75) is 27.4 Å². The van der Waals surface area contributed by atoms with Gasteiger partial charge in [-0.1, -0.05) is 66.2 Å². The molecule has 0 fully saturated rings. The minimum Gasteiger partial charge on any atom is -0.488 e. The molecule has 0 heterocycles. The zero-order valence-corrected chi connectivity index (χ0v) is 20.6. The first-order chi connectivity index (χ1) is 16.9. The van der Waals surface area contributed by atoms with Gasteiger partial charge < -0.3 is 10.1 Å². The predicted molar refractivity (Wildman–Crippen MR) is 143 cm³/mol. The van der Waals surface area contributed by atoms with Crippen LogP contribution >= 0.6 is 11.6 Å². The Morgan fingerprint density at radius 2 is 1.74 bits per heavy atom. The number of nitriles is 1. The van der Waals surface area contributed by atoms with Crippen molar-refractivity contribution in [3.05, 3.63) is 111 Å². The highest BCUT2D eigenvalue weighted by molar-refractivity contribution is 6.31. The minimum atomic E-state index is -0.508. The van der Waals surface area contributed by atoms with Gasteiger partial charge in [0.05, 0.1) is 0 Å². The molecule has 1 N–H and O–H groups in total. The van der Waals surface area contributed by atoms with E-state index in [1.807, 2.05) is 61.5 Å². The number of nitrogens with one attached hydrogen (secondary N) is 1. The SMILES string of the molecule is Cc1ccc(COc2ccc3ccccc3c2/C=C(\C#N)C(=O)Nc2cc(Cl)ccc2C)cc1C. The lowest BCUT2D eigenvalue weighted by Crippen LogP contribution is -2.14. The van der Waals surface area contributed by atoms with Gasteiger partial charge in [0.2, 0.25) is 0 Å². The lowest BCUT2D eigenvalue weighted by molar-refractivity contribution is -0.112. The van der Waals surface area contributed by atoms with Crippen LogP contribution in [0.1, 0.15) is 27.8 Å². The fourth-order valence-corrected chi connectivity index (χ4v) is 3.99. The molecule has 0 unspecified atom stereocenters. The van der Waals surface area contributed by atoms with E-state index in [0.29, 0.717) is 28.6 Å². The summed E-state index contributed by atoms with van der Waals surface area (Å²) in [4.78, 5) is 13.0. The lowest BCUT2D eigenvalue weighted by atomic mass is 10.0. The number of hydrogen-bond donors (Lipinski definition) is 1. The molecule has 4 nitrogen and oxygen atoms in total. The summed E-state index contributed by atoms with van der Waals surface area (Å²) in [6.45, 7) is 6.38. The highest BCUT2D eigenvalue weighted by Crippen LogP contribution is 2.31. The third kappa shape index (κ3) is 5.54. The second-order valence-corrected chi connectivity index (χ2v) is 8.93. The van der Waals surface area contributed by atoms with Crippen molar-refractivity contribution in [3.8, 4) is 11.8 Å². The van der Waals surface area contributed by atoms with Gasteiger partial charge in [-0.05, 0) is 78.1 Å². The Hall–Kier alpha value is -4.07. The molecule has 0 aliphatic rings. The van der Waals surface area contributed by atoms with Crippen molar-refractivity contribution < 1.29 is 9.53 Å². The third-order valence-corrected chi connectivity index (χ3v) is 6.23. The van der Waals surface area contributed by atoms with Crippen LogP contribution < -0.4 is 10.1 Å². The number of ether oxygens (including phenoxy) is 1. The molecule has 0 aliphatic heterocycles. The average Bonchev–Trinajstić information content (AvgIpc) is 2.85. The van der Waals surface area contributed by atoms with Crippen LogP contribution in [-0.2, 0) is 11.4 Å². The number of benzene rings is 4. The number of rotatable bonds is 6. The zero-order chi connectivity index (χ0) is 24.9. The Kier molecular flexibility index (Phi) is 7.19. The van der Waals surface area contributed by atoms with E-state index in [2.05, 4.69) is 31.3 Å². The molecule has 0 bridgehead atoms. The highest BCUT2D eigenvalue weighted by Gasteiger charge is 2.15. The summed E-state index contributed by atoms with van der Waals surface area (Å²) in [6.07, 6.45) is 1.59. The maximum absolute atomic E-state index is 13.0. The second-order valence-electron chi connectivity index (χ2n) is 8.49. The summed E-state index contributed by atoms with van der Waals surface area (Å²) in [7, 11) is 0. The van der Waals surface area contributed by atoms with E-state index in [9.17, 15) is 10.1 Å². The van der Waals surface area contributed by atoms with Gasteiger partial charge in [-0.2, -0.15) is 5.26 Å². The van der Waals surface area contributed by atoms with Crippen LogP contribution in [-0.4, -0.2) is 5.91 Å². The van der Waals surface area contributed by atoms with Crippen LogP contribution in [0.5, 0.6) is 5.75 Å². The number of anilines is 1. The highest BCUT2D eigenvalue weighted by atomic mass is 35.5. The van der Waals surface area contributed by atoms with Crippen LogP contribution in [0.25, 0.3) is 16.8 Å². The molecule has 0 saturated carbocycles. The number of carbonyl (C=O) groups excluding carboxylic acids is 1. The van der Waals surface area contributed by atoms with Gasteiger partial charge in [-0.15, -0.1) is 0 Å². The van der Waals surface area contributed by atoms with E-state index in [-0.39, 0.29) is 5.57 Å². The number of hydrogen-bond acceptors (Lipinski definition) is 3. The van der Waals surface area contributed by atoms with E-state index in [0.717, 1.165) is 21.9 Å². The number of halogens is 1. The zero-order valence-electron chi connectivity index (χ0n) is 19.9.